The van der Waals surface area contributed by atoms with E-state index in [0.717, 1.165) is 66.0 Å². The fourth-order valence-corrected chi connectivity index (χ4v) is 7.10. The van der Waals surface area contributed by atoms with Gasteiger partial charge in [-0.2, -0.15) is 5.10 Å². The first-order valence-corrected chi connectivity index (χ1v) is 16.0. The van der Waals surface area contributed by atoms with Gasteiger partial charge >= 0.3 is 0 Å². The Kier molecular flexibility index (Phi) is 7.76. The number of nitrogens with one attached hydrogen (secondary N) is 1. The molecule has 45 heavy (non-hydrogen) atoms. The smallest absolute Gasteiger partial charge is 0.262 e. The highest BCUT2D eigenvalue weighted by atomic mass is 16.2. The third-order valence-corrected chi connectivity index (χ3v) is 9.71. The van der Waals surface area contributed by atoms with Crippen LogP contribution in [-0.4, -0.2) is 74.8 Å². The molecule has 11 nitrogen and oxygen atoms in total. The summed E-state index contributed by atoms with van der Waals surface area (Å²) < 4.78 is 0. The van der Waals surface area contributed by atoms with Gasteiger partial charge in [-0.05, 0) is 87.1 Å². The normalized spacial score (nSPS) is 23.1. The molecule has 0 saturated heterocycles. The summed E-state index contributed by atoms with van der Waals surface area (Å²) in [5.41, 5.74) is 10.0. The standard InChI is InChI=1S/C34H37N7O4/c35-32(43)28(6-3-15-42)41-33(44)25-10-9-23(18-26(25)34(41)45)36-12-1-4-20-16-24(17-20)40-19-27(29(39-40)22-7-8-22)31-30-21(11-14-38-31)5-2-13-37-30/h2,5,9-11,13-15,18,20,22,24,27-28,36H,1,3-4,6-8,12,16-17,19H2,(H2,35,43)/t20-,24-,27?,28?. The number of nitrogens with zero attached hydrogens (tertiary/aromatic N) is 5. The highest BCUT2D eigenvalue weighted by Crippen LogP contribution is 2.44. The number of aldehydes is 1. The lowest BCUT2D eigenvalue weighted by Gasteiger charge is -2.40. The summed E-state index contributed by atoms with van der Waals surface area (Å²) in [6, 6.07) is 10.4. The Labute approximate surface area is 261 Å². The number of fused-ring (bicyclic) bond motifs is 2. The summed E-state index contributed by atoms with van der Waals surface area (Å²) >= 11 is 0. The number of hydrazone groups is 1. The van der Waals surface area contributed by atoms with Crippen molar-refractivity contribution in [3.05, 3.63) is 65.6 Å². The highest BCUT2D eigenvalue weighted by molar-refractivity contribution is 6.23. The second-order valence-corrected chi connectivity index (χ2v) is 12.7. The van der Waals surface area contributed by atoms with Gasteiger partial charge in [-0.15, -0.1) is 0 Å². The number of carbonyl (C=O) groups is 4. The minimum Gasteiger partial charge on any atom is -0.385 e. The van der Waals surface area contributed by atoms with Crippen molar-refractivity contribution in [1.82, 2.24) is 19.9 Å². The van der Waals surface area contributed by atoms with Crippen LogP contribution in [0.4, 0.5) is 5.69 Å². The van der Waals surface area contributed by atoms with Crippen LogP contribution in [0, 0.1) is 11.8 Å². The molecular formula is C34H37N7O4. The van der Waals surface area contributed by atoms with Gasteiger partial charge in [0.1, 0.15) is 12.3 Å². The molecule has 2 aromatic heterocycles. The maximum absolute atomic E-state index is 13.1. The molecule has 2 fully saturated rings. The van der Waals surface area contributed by atoms with Crippen molar-refractivity contribution in [3.63, 3.8) is 0 Å². The van der Waals surface area contributed by atoms with Crippen LogP contribution in [0.1, 0.15) is 83.7 Å². The van der Waals surface area contributed by atoms with E-state index in [2.05, 4.69) is 21.4 Å². The van der Waals surface area contributed by atoms with E-state index in [1.807, 2.05) is 24.5 Å². The number of carbonyl (C=O) groups excluding carboxylic acids is 4. The van der Waals surface area contributed by atoms with Crippen LogP contribution in [0.25, 0.3) is 10.9 Å². The predicted octanol–water partition coefficient (Wildman–Crippen LogP) is 3.89. The van der Waals surface area contributed by atoms with Crippen molar-refractivity contribution >= 4 is 46.3 Å². The second-order valence-electron chi connectivity index (χ2n) is 12.7. The number of hydrogen-bond acceptors (Lipinski definition) is 9. The zero-order valence-corrected chi connectivity index (χ0v) is 25.1. The van der Waals surface area contributed by atoms with Gasteiger partial charge in [-0.25, -0.2) is 0 Å². The average molecular weight is 608 g/mol. The van der Waals surface area contributed by atoms with Crippen molar-refractivity contribution in [2.45, 2.75) is 69.4 Å². The molecule has 2 saturated carbocycles. The lowest BCUT2D eigenvalue weighted by Crippen LogP contribution is -2.47. The van der Waals surface area contributed by atoms with Gasteiger partial charge in [0.15, 0.2) is 0 Å². The van der Waals surface area contributed by atoms with Gasteiger partial charge in [-0.1, -0.05) is 6.07 Å². The Bertz CT molecular complexity index is 1690. The maximum Gasteiger partial charge on any atom is 0.262 e. The number of hydrogen-bond donors (Lipinski definition) is 2. The largest absolute Gasteiger partial charge is 0.385 e. The number of pyridine rings is 2. The monoisotopic (exact) mass is 607 g/mol. The molecule has 4 heterocycles. The Morgan fingerprint density at radius 2 is 1.89 bits per heavy atom. The van der Waals surface area contributed by atoms with Crippen molar-refractivity contribution in [3.8, 4) is 0 Å². The van der Waals surface area contributed by atoms with E-state index < -0.39 is 23.8 Å². The van der Waals surface area contributed by atoms with E-state index in [-0.39, 0.29) is 29.9 Å². The Morgan fingerprint density at radius 1 is 1.07 bits per heavy atom. The van der Waals surface area contributed by atoms with Gasteiger partial charge in [0.25, 0.3) is 11.8 Å². The molecular weight excluding hydrogens is 570 g/mol. The summed E-state index contributed by atoms with van der Waals surface area (Å²) in [6.07, 6.45) is 11.2. The van der Waals surface area contributed by atoms with Crippen molar-refractivity contribution in [2.24, 2.45) is 22.7 Å². The first-order valence-electron chi connectivity index (χ1n) is 16.0. The summed E-state index contributed by atoms with van der Waals surface area (Å²) in [5, 5.41) is 12.0. The van der Waals surface area contributed by atoms with E-state index in [1.54, 1.807) is 18.2 Å². The summed E-state index contributed by atoms with van der Waals surface area (Å²) in [4.78, 5) is 59.1. The molecule has 2 atom stereocenters. The van der Waals surface area contributed by atoms with Crippen LogP contribution in [-0.2, 0) is 9.59 Å². The number of aromatic nitrogens is 2. The van der Waals surface area contributed by atoms with E-state index in [4.69, 9.17) is 15.8 Å². The van der Waals surface area contributed by atoms with Gasteiger partial charge in [-0.3, -0.25) is 34.3 Å². The van der Waals surface area contributed by atoms with Crippen molar-refractivity contribution in [1.29, 1.82) is 0 Å². The molecule has 0 bridgehead atoms. The van der Waals surface area contributed by atoms with E-state index in [9.17, 15) is 19.2 Å². The fraction of sp³-hybridized carbons (Fsp3) is 0.441. The molecule has 7 rings (SSSR count). The molecule has 2 unspecified atom stereocenters. The molecule has 0 spiro atoms. The van der Waals surface area contributed by atoms with Crippen LogP contribution in [0.2, 0.25) is 0 Å². The molecule has 1 aromatic carbocycles. The number of amides is 3. The van der Waals surface area contributed by atoms with Gasteiger partial charge in [0.05, 0.1) is 40.5 Å². The second kappa shape index (κ2) is 12.0. The molecule has 4 aliphatic rings. The van der Waals surface area contributed by atoms with Crippen molar-refractivity contribution in [2.75, 3.05) is 18.4 Å². The Morgan fingerprint density at radius 3 is 2.67 bits per heavy atom. The molecule has 232 valence electrons. The number of nitrogens with two attached hydrogens (primary N) is 1. The van der Waals surface area contributed by atoms with Crippen LogP contribution >= 0.6 is 0 Å². The molecule has 2 aliphatic carbocycles. The highest BCUT2D eigenvalue weighted by Gasteiger charge is 2.44. The van der Waals surface area contributed by atoms with Crippen LogP contribution in [0.15, 0.2) is 53.9 Å². The topological polar surface area (TPSA) is 151 Å². The third-order valence-electron chi connectivity index (χ3n) is 9.71. The lowest BCUT2D eigenvalue weighted by atomic mass is 9.77. The average Bonchev–Trinajstić information content (AvgIpc) is 3.74. The zero-order chi connectivity index (χ0) is 31.1. The first-order chi connectivity index (χ1) is 21.9. The van der Waals surface area contributed by atoms with E-state index in [0.29, 0.717) is 24.2 Å². The number of rotatable bonds is 13. The molecule has 3 N–H and O–H groups in total. The minimum atomic E-state index is -1.14. The third kappa shape index (κ3) is 5.55. The number of anilines is 1. The van der Waals surface area contributed by atoms with E-state index in [1.165, 1.54) is 18.6 Å². The van der Waals surface area contributed by atoms with Gasteiger partial charge < -0.3 is 15.8 Å². The first kappa shape index (κ1) is 29.1. The van der Waals surface area contributed by atoms with Crippen LogP contribution < -0.4 is 11.1 Å². The zero-order valence-electron chi connectivity index (χ0n) is 25.1. The summed E-state index contributed by atoms with van der Waals surface area (Å²) in [7, 11) is 0. The van der Waals surface area contributed by atoms with E-state index >= 15 is 0 Å². The number of benzene rings is 1. The number of primary amides is 1. The summed E-state index contributed by atoms with van der Waals surface area (Å²) in [5.74, 6) is -0.486. The summed E-state index contributed by atoms with van der Waals surface area (Å²) in [6.45, 7) is 1.62. The number of imide groups is 1. The Balaban J connectivity index is 0.905. The molecule has 3 aromatic rings. The van der Waals surface area contributed by atoms with Crippen molar-refractivity contribution < 1.29 is 19.2 Å². The van der Waals surface area contributed by atoms with Gasteiger partial charge in [0.2, 0.25) is 5.91 Å². The fourth-order valence-electron chi connectivity index (χ4n) is 7.10. The SMILES string of the molecule is NC(=O)C(CCC=O)N1C(=O)c2ccc(NCCC[C@H]3C[C@H](N4CC(c5nccc6cccnc56)C(C5CC5)=N4)C3)cc2C1=O. The minimum absolute atomic E-state index is 0.0166. The molecule has 0 radical (unpaired) electrons. The van der Waals surface area contributed by atoms with Crippen LogP contribution in [0.3, 0.4) is 0 Å². The maximum atomic E-state index is 13.1. The molecule has 3 amide bonds. The molecule has 11 heteroatoms. The van der Waals surface area contributed by atoms with Crippen LogP contribution in [0.5, 0.6) is 0 Å². The van der Waals surface area contributed by atoms with Gasteiger partial charge in [0, 0.05) is 42.5 Å². The lowest BCUT2D eigenvalue weighted by molar-refractivity contribution is -0.122. The molecule has 2 aliphatic heterocycles. The predicted molar refractivity (Wildman–Crippen MR) is 169 cm³/mol. The Hall–Kier alpha value is -4.67. The quantitative estimate of drug-likeness (QED) is 0.169.